The first kappa shape index (κ1) is 15.8. The summed E-state index contributed by atoms with van der Waals surface area (Å²) < 4.78 is 0. The molecule has 0 saturated carbocycles. The van der Waals surface area contributed by atoms with Crippen molar-refractivity contribution >= 4 is 17.7 Å². The van der Waals surface area contributed by atoms with E-state index in [1.807, 2.05) is 18.1 Å². The highest BCUT2D eigenvalue weighted by molar-refractivity contribution is 7.99. The van der Waals surface area contributed by atoms with E-state index >= 15 is 0 Å². The molecular weight excluding hydrogens is 248 g/mol. The third-order valence-electron chi connectivity index (χ3n) is 3.52. The number of aliphatic hydroxyl groups excluding tert-OH is 1. The lowest BCUT2D eigenvalue weighted by atomic mass is 10.0. The summed E-state index contributed by atoms with van der Waals surface area (Å²) in [6, 6.07) is 0.361. The maximum Gasteiger partial charge on any atom is 0.239 e. The maximum atomic E-state index is 12.4. The van der Waals surface area contributed by atoms with Gasteiger partial charge in [-0.3, -0.25) is 4.79 Å². The molecule has 3 unspecified atom stereocenters. The summed E-state index contributed by atoms with van der Waals surface area (Å²) in [5.41, 5.74) is 0. The number of amides is 1. The second kappa shape index (κ2) is 7.36. The molecule has 0 radical (unpaired) electrons. The van der Waals surface area contributed by atoms with Gasteiger partial charge in [-0.1, -0.05) is 13.8 Å². The number of hydrogen-bond donors (Lipinski definition) is 2. The van der Waals surface area contributed by atoms with Crippen LogP contribution >= 0.6 is 11.8 Å². The third-order valence-corrected chi connectivity index (χ3v) is 4.67. The standard InChI is InChI=1S/C13H26N2O2S/c1-9(2)14-11-6-5-7-15(13(11)17)10(3)12(8-16)18-4/h9-12,14,16H,5-8H2,1-4H3. The summed E-state index contributed by atoms with van der Waals surface area (Å²) in [6.07, 6.45) is 3.94. The maximum absolute atomic E-state index is 12.4. The van der Waals surface area contributed by atoms with Gasteiger partial charge >= 0.3 is 0 Å². The zero-order chi connectivity index (χ0) is 13.7. The molecule has 0 aromatic heterocycles. The number of carbonyl (C=O) groups excluding carboxylic acids is 1. The van der Waals surface area contributed by atoms with Crippen LogP contribution in [0.1, 0.15) is 33.6 Å². The van der Waals surface area contributed by atoms with Gasteiger partial charge in [0.25, 0.3) is 0 Å². The monoisotopic (exact) mass is 274 g/mol. The summed E-state index contributed by atoms with van der Waals surface area (Å²) in [7, 11) is 0. The predicted molar refractivity (Wildman–Crippen MR) is 76.9 cm³/mol. The van der Waals surface area contributed by atoms with E-state index in [1.165, 1.54) is 0 Å². The Morgan fingerprint density at radius 1 is 1.50 bits per heavy atom. The van der Waals surface area contributed by atoms with Crippen molar-refractivity contribution in [2.45, 2.75) is 57.0 Å². The highest BCUT2D eigenvalue weighted by Crippen LogP contribution is 2.21. The van der Waals surface area contributed by atoms with E-state index in [0.717, 1.165) is 19.4 Å². The van der Waals surface area contributed by atoms with Gasteiger partial charge in [-0.05, 0) is 26.0 Å². The summed E-state index contributed by atoms with van der Waals surface area (Å²) in [6.45, 7) is 7.09. The van der Waals surface area contributed by atoms with E-state index in [4.69, 9.17) is 0 Å². The quantitative estimate of drug-likeness (QED) is 0.761. The smallest absolute Gasteiger partial charge is 0.239 e. The number of aliphatic hydroxyl groups is 1. The zero-order valence-electron chi connectivity index (χ0n) is 11.8. The molecule has 0 aromatic rings. The van der Waals surface area contributed by atoms with Crippen molar-refractivity contribution in [1.82, 2.24) is 10.2 Å². The second-order valence-corrected chi connectivity index (χ2v) is 6.32. The fraction of sp³-hybridized carbons (Fsp3) is 0.923. The van der Waals surface area contributed by atoms with Crippen molar-refractivity contribution in [3.63, 3.8) is 0 Å². The van der Waals surface area contributed by atoms with Crippen LogP contribution in [-0.4, -0.2) is 58.7 Å². The molecule has 1 amide bonds. The number of hydrogen-bond acceptors (Lipinski definition) is 4. The molecule has 0 bridgehead atoms. The van der Waals surface area contributed by atoms with Crippen molar-refractivity contribution in [3.05, 3.63) is 0 Å². The van der Waals surface area contributed by atoms with Gasteiger partial charge in [-0.15, -0.1) is 0 Å². The fourth-order valence-electron chi connectivity index (χ4n) is 2.49. The molecule has 1 aliphatic rings. The second-order valence-electron chi connectivity index (χ2n) is 5.25. The summed E-state index contributed by atoms with van der Waals surface area (Å²) in [4.78, 5) is 14.3. The fourth-order valence-corrected chi connectivity index (χ4v) is 3.18. The molecule has 0 aromatic carbocycles. The van der Waals surface area contributed by atoms with Gasteiger partial charge < -0.3 is 15.3 Å². The van der Waals surface area contributed by atoms with Crippen LogP contribution in [-0.2, 0) is 4.79 Å². The zero-order valence-corrected chi connectivity index (χ0v) is 12.7. The van der Waals surface area contributed by atoms with Crippen LogP contribution in [0.3, 0.4) is 0 Å². The highest BCUT2D eigenvalue weighted by atomic mass is 32.2. The molecule has 106 valence electrons. The van der Waals surface area contributed by atoms with E-state index in [0.29, 0.717) is 6.04 Å². The molecular formula is C13H26N2O2S. The van der Waals surface area contributed by atoms with Gasteiger partial charge in [0.1, 0.15) is 0 Å². The first-order valence-corrected chi connectivity index (χ1v) is 8.00. The van der Waals surface area contributed by atoms with Crippen molar-refractivity contribution in [1.29, 1.82) is 0 Å². The topological polar surface area (TPSA) is 52.6 Å². The molecule has 1 fully saturated rings. The summed E-state index contributed by atoms with van der Waals surface area (Å²) in [5, 5.41) is 12.8. The Kier molecular flexibility index (Phi) is 6.46. The number of carbonyl (C=O) groups is 1. The Balaban J connectivity index is 2.67. The average Bonchev–Trinajstić information content (AvgIpc) is 2.32. The molecule has 18 heavy (non-hydrogen) atoms. The predicted octanol–water partition coefficient (Wildman–Crippen LogP) is 1.09. The molecule has 0 spiro atoms. The normalized spacial score (nSPS) is 24.4. The summed E-state index contributed by atoms with van der Waals surface area (Å²) >= 11 is 1.62. The van der Waals surface area contributed by atoms with Crippen LogP contribution in [0.5, 0.6) is 0 Å². The van der Waals surface area contributed by atoms with Gasteiger partial charge in [0, 0.05) is 23.9 Å². The Bertz CT molecular complexity index is 270. The summed E-state index contributed by atoms with van der Waals surface area (Å²) in [5.74, 6) is 0.190. The SMILES string of the molecule is CSC(CO)C(C)N1CCCC(NC(C)C)C1=O. The minimum absolute atomic E-state index is 0.0533. The number of nitrogens with zero attached hydrogens (tertiary/aromatic N) is 1. The molecule has 3 atom stereocenters. The number of piperidine rings is 1. The molecule has 1 saturated heterocycles. The lowest BCUT2D eigenvalue weighted by Gasteiger charge is -2.39. The minimum Gasteiger partial charge on any atom is -0.395 e. The Hall–Kier alpha value is -0.260. The van der Waals surface area contributed by atoms with Gasteiger partial charge in [0.2, 0.25) is 5.91 Å². The van der Waals surface area contributed by atoms with Crippen molar-refractivity contribution in [2.75, 3.05) is 19.4 Å². The first-order chi connectivity index (χ1) is 8.51. The lowest BCUT2D eigenvalue weighted by Crippen LogP contribution is -2.57. The Morgan fingerprint density at radius 3 is 2.67 bits per heavy atom. The van der Waals surface area contributed by atoms with Crippen molar-refractivity contribution in [3.8, 4) is 0 Å². The van der Waals surface area contributed by atoms with Crippen LogP contribution in [0, 0.1) is 0 Å². The lowest BCUT2D eigenvalue weighted by molar-refractivity contribution is -0.138. The number of likely N-dealkylation sites (tertiary alicyclic amines) is 1. The van der Waals surface area contributed by atoms with Crippen molar-refractivity contribution < 1.29 is 9.90 Å². The number of thioether (sulfide) groups is 1. The molecule has 1 heterocycles. The van der Waals surface area contributed by atoms with Crippen LogP contribution in [0.15, 0.2) is 0 Å². The van der Waals surface area contributed by atoms with Gasteiger partial charge in [-0.25, -0.2) is 0 Å². The molecule has 4 nitrogen and oxygen atoms in total. The van der Waals surface area contributed by atoms with E-state index in [2.05, 4.69) is 19.2 Å². The van der Waals surface area contributed by atoms with Crippen LogP contribution in [0.4, 0.5) is 0 Å². The number of nitrogens with one attached hydrogen (secondary N) is 1. The number of rotatable bonds is 6. The van der Waals surface area contributed by atoms with Crippen LogP contribution in [0.2, 0.25) is 0 Å². The minimum atomic E-state index is -0.0533. The molecule has 0 aliphatic carbocycles. The molecule has 5 heteroatoms. The first-order valence-electron chi connectivity index (χ1n) is 6.71. The third kappa shape index (κ3) is 3.87. The Labute approximate surface area is 115 Å². The van der Waals surface area contributed by atoms with Gasteiger partial charge in [0.15, 0.2) is 0 Å². The Morgan fingerprint density at radius 2 is 2.17 bits per heavy atom. The molecule has 1 rings (SSSR count). The average molecular weight is 274 g/mol. The van der Waals surface area contributed by atoms with Crippen LogP contribution in [0.25, 0.3) is 0 Å². The van der Waals surface area contributed by atoms with Gasteiger partial charge in [0.05, 0.1) is 12.6 Å². The highest BCUT2D eigenvalue weighted by Gasteiger charge is 2.34. The van der Waals surface area contributed by atoms with E-state index in [9.17, 15) is 9.90 Å². The molecule has 2 N–H and O–H groups in total. The largest absolute Gasteiger partial charge is 0.395 e. The van der Waals surface area contributed by atoms with Crippen molar-refractivity contribution in [2.24, 2.45) is 0 Å². The van der Waals surface area contributed by atoms with E-state index < -0.39 is 0 Å². The van der Waals surface area contributed by atoms with E-state index in [-0.39, 0.29) is 29.8 Å². The van der Waals surface area contributed by atoms with Gasteiger partial charge in [-0.2, -0.15) is 11.8 Å². The van der Waals surface area contributed by atoms with E-state index in [1.54, 1.807) is 11.8 Å². The van der Waals surface area contributed by atoms with Crippen LogP contribution < -0.4 is 5.32 Å². The molecule has 1 aliphatic heterocycles.